The third kappa shape index (κ3) is 3.87. The van der Waals surface area contributed by atoms with Crippen molar-refractivity contribution in [3.05, 3.63) is 145 Å². The first-order valence-corrected chi connectivity index (χ1v) is 15.0. The summed E-state index contributed by atoms with van der Waals surface area (Å²) in [5, 5.41) is 5.13. The number of rotatable bonds is 6. The van der Waals surface area contributed by atoms with E-state index in [1.807, 2.05) is 0 Å². The lowest BCUT2D eigenvalue weighted by atomic mass is 10.0. The predicted molar refractivity (Wildman–Crippen MR) is 179 cm³/mol. The zero-order chi connectivity index (χ0) is 28.0. The number of para-hydroxylation sites is 2. The molecule has 0 saturated carbocycles. The molecule has 0 aliphatic heterocycles. The van der Waals surface area contributed by atoms with E-state index in [-0.39, 0.29) is 0 Å². The number of aromatic nitrogens is 2. The fourth-order valence-corrected chi connectivity index (χ4v) is 6.74. The zero-order valence-electron chi connectivity index (χ0n) is 23.8. The van der Waals surface area contributed by atoms with Crippen molar-refractivity contribution >= 4 is 43.6 Å². The van der Waals surface area contributed by atoms with Gasteiger partial charge in [-0.3, -0.25) is 0 Å². The SMILES string of the molecule is CCCCc1cccc(-n2c3ccccc3c3c2ccc2c4ccccc4n(-c4cccc(-c5ccccc5)c4)c23)c1. The molecule has 2 heteroatoms. The maximum Gasteiger partial charge on any atom is 0.0641 e. The van der Waals surface area contributed by atoms with E-state index in [4.69, 9.17) is 0 Å². The van der Waals surface area contributed by atoms with Crippen LogP contribution in [0.5, 0.6) is 0 Å². The van der Waals surface area contributed by atoms with Crippen LogP contribution in [-0.2, 0) is 6.42 Å². The number of aryl methyl sites for hydroxylation is 1. The lowest BCUT2D eigenvalue weighted by molar-refractivity contribution is 0.794. The summed E-state index contributed by atoms with van der Waals surface area (Å²) in [6.45, 7) is 2.26. The van der Waals surface area contributed by atoms with Gasteiger partial charge in [-0.1, -0.05) is 110 Å². The van der Waals surface area contributed by atoms with Crippen LogP contribution in [0, 0.1) is 0 Å². The monoisotopic (exact) mass is 540 g/mol. The molecule has 0 unspecified atom stereocenters. The van der Waals surface area contributed by atoms with E-state index in [1.165, 1.54) is 84.5 Å². The van der Waals surface area contributed by atoms with Crippen LogP contribution in [-0.4, -0.2) is 9.13 Å². The Morgan fingerprint density at radius 1 is 0.476 bits per heavy atom. The summed E-state index contributed by atoms with van der Waals surface area (Å²) in [6.07, 6.45) is 3.52. The van der Waals surface area contributed by atoms with Gasteiger partial charge in [-0.25, -0.2) is 0 Å². The minimum Gasteiger partial charge on any atom is -0.309 e. The molecule has 6 aromatic carbocycles. The van der Waals surface area contributed by atoms with Crippen molar-refractivity contribution in [3.63, 3.8) is 0 Å². The van der Waals surface area contributed by atoms with E-state index in [1.54, 1.807) is 0 Å². The van der Waals surface area contributed by atoms with E-state index in [0.717, 1.165) is 6.42 Å². The summed E-state index contributed by atoms with van der Waals surface area (Å²) >= 11 is 0. The Morgan fingerprint density at radius 2 is 1.14 bits per heavy atom. The van der Waals surface area contributed by atoms with Crippen LogP contribution in [0.3, 0.4) is 0 Å². The molecule has 0 aliphatic rings. The Kier molecular flexibility index (Phi) is 5.93. The van der Waals surface area contributed by atoms with Crippen LogP contribution in [0.15, 0.2) is 140 Å². The van der Waals surface area contributed by atoms with E-state index < -0.39 is 0 Å². The van der Waals surface area contributed by atoms with Gasteiger partial charge >= 0.3 is 0 Å². The number of hydrogen-bond acceptors (Lipinski definition) is 0. The Balaban J connectivity index is 1.48. The Morgan fingerprint density at radius 3 is 1.95 bits per heavy atom. The van der Waals surface area contributed by atoms with Gasteiger partial charge in [0.2, 0.25) is 0 Å². The summed E-state index contributed by atoms with van der Waals surface area (Å²) in [6, 6.07) is 51.1. The van der Waals surface area contributed by atoms with Gasteiger partial charge in [-0.15, -0.1) is 0 Å². The molecular weight excluding hydrogens is 508 g/mol. The number of benzene rings is 6. The molecule has 8 aromatic rings. The minimum atomic E-state index is 1.11. The van der Waals surface area contributed by atoms with Gasteiger partial charge in [-0.2, -0.15) is 0 Å². The van der Waals surface area contributed by atoms with Crippen molar-refractivity contribution in [2.75, 3.05) is 0 Å². The van der Waals surface area contributed by atoms with Crippen molar-refractivity contribution in [2.24, 2.45) is 0 Å². The highest BCUT2D eigenvalue weighted by molar-refractivity contribution is 6.26. The molecule has 2 aromatic heterocycles. The van der Waals surface area contributed by atoms with Gasteiger partial charge in [0.1, 0.15) is 0 Å². The van der Waals surface area contributed by atoms with Gasteiger partial charge in [0, 0.05) is 32.9 Å². The van der Waals surface area contributed by atoms with E-state index in [9.17, 15) is 0 Å². The maximum atomic E-state index is 2.48. The number of fused-ring (bicyclic) bond motifs is 7. The fourth-order valence-electron chi connectivity index (χ4n) is 6.74. The molecule has 2 heterocycles. The zero-order valence-corrected chi connectivity index (χ0v) is 23.8. The van der Waals surface area contributed by atoms with Crippen LogP contribution in [0.1, 0.15) is 25.3 Å². The van der Waals surface area contributed by atoms with Crippen molar-refractivity contribution in [1.82, 2.24) is 9.13 Å². The normalized spacial score (nSPS) is 11.7. The summed E-state index contributed by atoms with van der Waals surface area (Å²) in [7, 11) is 0. The largest absolute Gasteiger partial charge is 0.309 e. The van der Waals surface area contributed by atoms with Crippen molar-refractivity contribution in [1.29, 1.82) is 0 Å². The lowest BCUT2D eigenvalue weighted by Crippen LogP contribution is -1.96. The van der Waals surface area contributed by atoms with Gasteiger partial charge in [0.05, 0.1) is 22.1 Å². The summed E-state index contributed by atoms with van der Waals surface area (Å²) in [5.41, 5.74) is 11.2. The molecule has 0 N–H and O–H groups in total. The van der Waals surface area contributed by atoms with Gasteiger partial charge in [0.15, 0.2) is 0 Å². The standard InChI is InChI=1S/C40H32N2/c1-2-3-13-28-14-11-18-31(26-28)41-37-23-10-8-21-35(37)39-38(41)25-24-34-33-20-7-9-22-36(33)42(40(34)39)32-19-12-17-30(27-32)29-15-5-4-6-16-29/h4-12,14-27H,2-3,13H2,1H3. The van der Waals surface area contributed by atoms with Crippen molar-refractivity contribution in [2.45, 2.75) is 26.2 Å². The first-order valence-electron chi connectivity index (χ1n) is 15.0. The van der Waals surface area contributed by atoms with E-state index in [0.29, 0.717) is 0 Å². The number of nitrogens with zero attached hydrogens (tertiary/aromatic N) is 2. The average molecular weight is 541 g/mol. The summed E-state index contributed by atoms with van der Waals surface area (Å²) < 4.78 is 4.94. The maximum absolute atomic E-state index is 2.48. The third-order valence-corrected chi connectivity index (χ3v) is 8.67. The summed E-state index contributed by atoms with van der Waals surface area (Å²) in [5.74, 6) is 0. The Bertz CT molecular complexity index is 2230. The topological polar surface area (TPSA) is 9.86 Å². The molecular formula is C40H32N2. The van der Waals surface area contributed by atoms with Crippen LogP contribution >= 0.6 is 0 Å². The molecule has 0 saturated heterocycles. The first-order chi connectivity index (χ1) is 20.8. The van der Waals surface area contributed by atoms with Crippen molar-refractivity contribution < 1.29 is 0 Å². The molecule has 202 valence electrons. The Labute approximate surface area is 246 Å². The minimum absolute atomic E-state index is 1.11. The van der Waals surface area contributed by atoms with Crippen LogP contribution in [0.2, 0.25) is 0 Å². The highest BCUT2D eigenvalue weighted by atomic mass is 15.0. The second kappa shape index (κ2) is 10.1. The van der Waals surface area contributed by atoms with Gasteiger partial charge in [-0.05, 0) is 72.0 Å². The molecule has 42 heavy (non-hydrogen) atoms. The molecule has 0 radical (unpaired) electrons. The first kappa shape index (κ1) is 24.7. The molecule has 0 atom stereocenters. The number of unbranched alkanes of at least 4 members (excludes halogenated alkanes) is 1. The number of hydrogen-bond donors (Lipinski definition) is 0. The van der Waals surface area contributed by atoms with Crippen LogP contribution in [0.25, 0.3) is 66.1 Å². The van der Waals surface area contributed by atoms with Gasteiger partial charge < -0.3 is 9.13 Å². The van der Waals surface area contributed by atoms with E-state index in [2.05, 4.69) is 156 Å². The highest BCUT2D eigenvalue weighted by Gasteiger charge is 2.20. The quantitative estimate of drug-likeness (QED) is 0.198. The summed E-state index contributed by atoms with van der Waals surface area (Å²) in [4.78, 5) is 0. The van der Waals surface area contributed by atoms with Crippen molar-refractivity contribution in [3.8, 4) is 22.5 Å². The second-order valence-corrected chi connectivity index (χ2v) is 11.3. The van der Waals surface area contributed by atoms with Crippen LogP contribution < -0.4 is 0 Å². The molecule has 0 aliphatic carbocycles. The molecule has 2 nitrogen and oxygen atoms in total. The molecule has 0 spiro atoms. The Hall–Kier alpha value is -5.08. The second-order valence-electron chi connectivity index (χ2n) is 11.3. The molecule has 8 rings (SSSR count). The highest BCUT2D eigenvalue weighted by Crippen LogP contribution is 2.42. The molecule has 0 bridgehead atoms. The molecule has 0 fully saturated rings. The predicted octanol–water partition coefficient (Wildman–Crippen LogP) is 10.9. The van der Waals surface area contributed by atoms with E-state index >= 15 is 0 Å². The van der Waals surface area contributed by atoms with Gasteiger partial charge in [0.25, 0.3) is 0 Å². The average Bonchev–Trinajstić information content (AvgIpc) is 3.57. The lowest BCUT2D eigenvalue weighted by Gasteiger charge is -2.12. The smallest absolute Gasteiger partial charge is 0.0641 e. The molecule has 0 amide bonds. The third-order valence-electron chi connectivity index (χ3n) is 8.67. The van der Waals surface area contributed by atoms with Crippen LogP contribution in [0.4, 0.5) is 0 Å². The fraction of sp³-hybridized carbons (Fsp3) is 0.100.